The molecule has 1 aliphatic heterocycles. The second kappa shape index (κ2) is 10.2. The van der Waals surface area contributed by atoms with E-state index in [0.29, 0.717) is 12.5 Å². The number of thioether (sulfide) groups is 1. The zero-order valence-corrected chi connectivity index (χ0v) is 19.7. The van der Waals surface area contributed by atoms with Crippen LogP contribution in [0.25, 0.3) is 0 Å². The first kappa shape index (κ1) is 22.3. The molecule has 0 bridgehead atoms. The molecule has 1 fully saturated rings. The fraction of sp³-hybridized carbons (Fsp3) is 0.167. The Balaban J connectivity index is 1.52. The summed E-state index contributed by atoms with van der Waals surface area (Å²) in [5, 5.41) is 3.21. The summed E-state index contributed by atoms with van der Waals surface area (Å²) in [6, 6.07) is 38.0. The molecule has 0 aliphatic carbocycles. The Labute approximate surface area is 205 Å². The van der Waals surface area contributed by atoms with Crippen LogP contribution in [-0.2, 0) is 16.6 Å². The van der Waals surface area contributed by atoms with Crippen LogP contribution in [0.3, 0.4) is 0 Å². The van der Waals surface area contributed by atoms with Crippen LogP contribution >= 0.6 is 11.8 Å². The first-order chi connectivity index (χ1) is 16.7. The summed E-state index contributed by atoms with van der Waals surface area (Å²) < 4.78 is 5.96. The summed E-state index contributed by atoms with van der Waals surface area (Å²) >= 11 is 1.89. The minimum atomic E-state index is -0.887. The van der Waals surface area contributed by atoms with E-state index in [-0.39, 0.29) is 5.91 Å². The quantitative estimate of drug-likeness (QED) is 0.330. The van der Waals surface area contributed by atoms with Gasteiger partial charge < -0.3 is 10.1 Å². The zero-order valence-electron chi connectivity index (χ0n) is 18.9. The van der Waals surface area contributed by atoms with E-state index in [9.17, 15) is 4.79 Å². The van der Waals surface area contributed by atoms with E-state index in [1.165, 1.54) is 0 Å². The first-order valence-electron chi connectivity index (χ1n) is 11.5. The number of anilines is 1. The van der Waals surface area contributed by atoms with Gasteiger partial charge in [0, 0.05) is 17.2 Å². The monoisotopic (exact) mass is 465 g/mol. The molecule has 34 heavy (non-hydrogen) atoms. The SMILES string of the molecule is O=C(Nc1ccc(OC2CSC2)cc1)C(Cc1ccccc1)(c1ccccc1)c1ccccc1. The Morgan fingerprint density at radius 1 is 0.765 bits per heavy atom. The highest BCUT2D eigenvalue weighted by molar-refractivity contribution is 8.00. The fourth-order valence-corrected chi connectivity index (χ4v) is 4.95. The van der Waals surface area contributed by atoms with Crippen LogP contribution in [0.1, 0.15) is 16.7 Å². The third-order valence-electron chi connectivity index (χ3n) is 6.26. The third kappa shape index (κ3) is 4.73. The summed E-state index contributed by atoms with van der Waals surface area (Å²) in [6.45, 7) is 0. The summed E-state index contributed by atoms with van der Waals surface area (Å²) in [7, 11) is 0. The average molecular weight is 466 g/mol. The van der Waals surface area contributed by atoms with Gasteiger partial charge in [-0.3, -0.25) is 4.79 Å². The van der Waals surface area contributed by atoms with Crippen LogP contribution in [-0.4, -0.2) is 23.5 Å². The van der Waals surface area contributed by atoms with Crippen molar-refractivity contribution in [3.05, 3.63) is 132 Å². The van der Waals surface area contributed by atoms with Gasteiger partial charge in [0.2, 0.25) is 5.91 Å². The van der Waals surface area contributed by atoms with E-state index in [1.54, 1.807) is 0 Å². The molecule has 4 aromatic rings. The Hall–Kier alpha value is -3.50. The van der Waals surface area contributed by atoms with Gasteiger partial charge in [-0.2, -0.15) is 11.8 Å². The molecule has 0 saturated carbocycles. The second-order valence-corrected chi connectivity index (χ2v) is 9.63. The van der Waals surface area contributed by atoms with E-state index in [0.717, 1.165) is 39.6 Å². The Bertz CT molecular complexity index is 1170. The number of carbonyl (C=O) groups excluding carboxylic acids is 1. The molecule has 0 unspecified atom stereocenters. The molecule has 4 heteroatoms. The predicted octanol–water partition coefficient (Wildman–Crippen LogP) is 6.35. The molecule has 0 radical (unpaired) electrons. The molecule has 0 atom stereocenters. The minimum Gasteiger partial charge on any atom is -0.489 e. The van der Waals surface area contributed by atoms with Crippen molar-refractivity contribution in [3.8, 4) is 5.75 Å². The zero-order chi connectivity index (χ0) is 23.2. The highest BCUT2D eigenvalue weighted by Gasteiger charge is 2.42. The summed E-state index contributed by atoms with van der Waals surface area (Å²) in [5.41, 5.74) is 2.90. The van der Waals surface area contributed by atoms with E-state index < -0.39 is 5.41 Å². The van der Waals surface area contributed by atoms with Crippen molar-refractivity contribution in [1.29, 1.82) is 0 Å². The van der Waals surface area contributed by atoms with Gasteiger partial charge in [0.1, 0.15) is 17.3 Å². The van der Waals surface area contributed by atoms with E-state index in [2.05, 4.69) is 17.4 Å². The highest BCUT2D eigenvalue weighted by atomic mass is 32.2. The van der Waals surface area contributed by atoms with Crippen LogP contribution in [0.15, 0.2) is 115 Å². The maximum atomic E-state index is 14.2. The number of amides is 1. The smallest absolute Gasteiger partial charge is 0.239 e. The normalized spacial score (nSPS) is 13.6. The van der Waals surface area contributed by atoms with Crippen molar-refractivity contribution in [1.82, 2.24) is 0 Å². The van der Waals surface area contributed by atoms with Gasteiger partial charge in [0.05, 0.1) is 0 Å². The molecule has 0 spiro atoms. The van der Waals surface area contributed by atoms with Gasteiger partial charge in [-0.05, 0) is 47.4 Å². The molecule has 1 saturated heterocycles. The molecule has 1 aliphatic rings. The van der Waals surface area contributed by atoms with Crippen molar-refractivity contribution < 1.29 is 9.53 Å². The predicted molar refractivity (Wildman–Crippen MR) is 141 cm³/mol. The van der Waals surface area contributed by atoms with Crippen LogP contribution < -0.4 is 10.1 Å². The number of hydrogen-bond acceptors (Lipinski definition) is 3. The molecule has 1 N–H and O–H groups in total. The maximum absolute atomic E-state index is 14.2. The van der Waals surface area contributed by atoms with Crippen LogP contribution in [0.5, 0.6) is 5.75 Å². The largest absolute Gasteiger partial charge is 0.489 e. The van der Waals surface area contributed by atoms with E-state index in [4.69, 9.17) is 4.74 Å². The molecular weight excluding hydrogens is 438 g/mol. The van der Waals surface area contributed by atoms with Gasteiger partial charge in [-0.1, -0.05) is 91.0 Å². The van der Waals surface area contributed by atoms with Gasteiger partial charge in [0.25, 0.3) is 0 Å². The molecule has 1 heterocycles. The van der Waals surface area contributed by atoms with Gasteiger partial charge in [-0.15, -0.1) is 0 Å². The molecule has 170 valence electrons. The lowest BCUT2D eigenvalue weighted by Gasteiger charge is -2.34. The van der Waals surface area contributed by atoms with E-state index >= 15 is 0 Å². The second-order valence-electron chi connectivity index (χ2n) is 8.56. The minimum absolute atomic E-state index is 0.0576. The van der Waals surface area contributed by atoms with Crippen molar-refractivity contribution in [2.24, 2.45) is 0 Å². The number of hydrogen-bond donors (Lipinski definition) is 1. The van der Waals surface area contributed by atoms with E-state index in [1.807, 2.05) is 115 Å². The molecule has 3 nitrogen and oxygen atoms in total. The summed E-state index contributed by atoms with van der Waals surface area (Å²) in [6.07, 6.45) is 0.842. The van der Waals surface area contributed by atoms with Gasteiger partial charge >= 0.3 is 0 Å². The number of carbonyl (C=O) groups is 1. The lowest BCUT2D eigenvalue weighted by atomic mass is 9.69. The Morgan fingerprint density at radius 2 is 1.29 bits per heavy atom. The standard InChI is InChI=1S/C30H27NO2S/c32-29(31-26-16-18-27(19-17-26)33-28-21-34-22-28)30(24-12-6-2-7-13-24,25-14-8-3-9-15-25)20-23-10-4-1-5-11-23/h1-19,28H,20-22H2,(H,31,32). The number of benzene rings is 4. The summed E-state index contributed by atoms with van der Waals surface area (Å²) in [4.78, 5) is 14.2. The van der Waals surface area contributed by atoms with Gasteiger partial charge in [0.15, 0.2) is 0 Å². The molecule has 4 aromatic carbocycles. The number of ether oxygens (including phenoxy) is 1. The van der Waals surface area contributed by atoms with Crippen molar-refractivity contribution in [3.63, 3.8) is 0 Å². The van der Waals surface area contributed by atoms with Crippen molar-refractivity contribution >= 4 is 23.4 Å². The topological polar surface area (TPSA) is 38.3 Å². The first-order valence-corrected chi connectivity index (χ1v) is 12.7. The lowest BCUT2D eigenvalue weighted by molar-refractivity contribution is -0.120. The molecule has 1 amide bonds. The lowest BCUT2D eigenvalue weighted by Crippen LogP contribution is -2.43. The average Bonchev–Trinajstić information content (AvgIpc) is 2.87. The number of nitrogens with one attached hydrogen (secondary N) is 1. The van der Waals surface area contributed by atoms with Crippen LogP contribution in [0, 0.1) is 0 Å². The maximum Gasteiger partial charge on any atom is 0.239 e. The Morgan fingerprint density at radius 3 is 1.79 bits per heavy atom. The molecular formula is C30H27NO2S. The highest BCUT2D eigenvalue weighted by Crippen LogP contribution is 2.37. The van der Waals surface area contributed by atoms with Crippen molar-refractivity contribution in [2.45, 2.75) is 17.9 Å². The molecule has 0 aromatic heterocycles. The molecule has 5 rings (SSSR count). The number of rotatable bonds is 8. The third-order valence-corrected chi connectivity index (χ3v) is 7.47. The Kier molecular flexibility index (Phi) is 6.68. The fourth-order valence-electron chi connectivity index (χ4n) is 4.39. The van der Waals surface area contributed by atoms with Crippen LogP contribution in [0.2, 0.25) is 0 Å². The van der Waals surface area contributed by atoms with Gasteiger partial charge in [-0.25, -0.2) is 0 Å². The van der Waals surface area contributed by atoms with Crippen LogP contribution in [0.4, 0.5) is 5.69 Å². The summed E-state index contributed by atoms with van der Waals surface area (Å²) in [5.74, 6) is 2.85. The van der Waals surface area contributed by atoms with Crippen molar-refractivity contribution in [2.75, 3.05) is 16.8 Å².